The molecule has 2 aromatic rings. The van der Waals surface area contributed by atoms with E-state index in [0.717, 1.165) is 16.3 Å². The molecule has 0 radical (unpaired) electrons. The highest BCUT2D eigenvalue weighted by atomic mass is 79.9. The SMILES string of the molecule is COc1ccc2ccccc2c1C(Br)=C(C)C(=O)O. The summed E-state index contributed by atoms with van der Waals surface area (Å²) < 4.78 is 5.88. The molecular formula is C15H13BrO3. The predicted molar refractivity (Wildman–Crippen MR) is 79.7 cm³/mol. The first-order valence-corrected chi connectivity index (χ1v) is 6.51. The van der Waals surface area contributed by atoms with E-state index in [9.17, 15) is 4.79 Å². The van der Waals surface area contributed by atoms with Gasteiger partial charge in [-0.3, -0.25) is 0 Å². The zero-order valence-corrected chi connectivity index (χ0v) is 12.2. The van der Waals surface area contributed by atoms with Crippen molar-refractivity contribution in [3.8, 4) is 5.75 Å². The summed E-state index contributed by atoms with van der Waals surface area (Å²) in [5.74, 6) is -0.312. The van der Waals surface area contributed by atoms with E-state index in [2.05, 4.69) is 15.9 Å². The number of carboxylic acids is 1. The number of carboxylic acid groups (broad SMARTS) is 1. The third-order valence-corrected chi connectivity index (χ3v) is 3.97. The molecule has 0 saturated heterocycles. The summed E-state index contributed by atoms with van der Waals surface area (Å²) in [6.07, 6.45) is 0. The maximum absolute atomic E-state index is 11.1. The van der Waals surface area contributed by atoms with Crippen LogP contribution in [0.15, 0.2) is 42.0 Å². The van der Waals surface area contributed by atoms with E-state index in [-0.39, 0.29) is 5.57 Å². The highest BCUT2D eigenvalue weighted by Gasteiger charge is 2.16. The van der Waals surface area contributed by atoms with Crippen LogP contribution in [0, 0.1) is 0 Å². The Morgan fingerprint density at radius 2 is 1.89 bits per heavy atom. The van der Waals surface area contributed by atoms with Crippen molar-refractivity contribution in [3.05, 3.63) is 47.5 Å². The van der Waals surface area contributed by atoms with Crippen molar-refractivity contribution in [3.63, 3.8) is 0 Å². The molecule has 1 N–H and O–H groups in total. The van der Waals surface area contributed by atoms with Crippen LogP contribution in [0.2, 0.25) is 0 Å². The number of hydrogen-bond donors (Lipinski definition) is 1. The number of hydrogen-bond acceptors (Lipinski definition) is 2. The molecule has 0 atom stereocenters. The first kappa shape index (κ1) is 13.6. The number of aliphatic carboxylic acids is 1. The van der Waals surface area contributed by atoms with Crippen molar-refractivity contribution in [2.45, 2.75) is 6.92 Å². The van der Waals surface area contributed by atoms with Gasteiger partial charge in [-0.15, -0.1) is 0 Å². The average molecular weight is 321 g/mol. The van der Waals surface area contributed by atoms with E-state index in [0.29, 0.717) is 10.2 Å². The van der Waals surface area contributed by atoms with Crippen LogP contribution < -0.4 is 4.74 Å². The molecule has 0 fully saturated rings. The Labute approximate surface area is 119 Å². The summed E-state index contributed by atoms with van der Waals surface area (Å²) in [6.45, 7) is 1.56. The standard InChI is InChI=1S/C15H13BrO3/c1-9(15(17)18)14(16)13-11-6-4-3-5-10(11)7-8-12(13)19-2/h3-8H,1-2H3,(H,17,18). The lowest BCUT2D eigenvalue weighted by atomic mass is 10.0. The quantitative estimate of drug-likeness (QED) is 0.867. The van der Waals surface area contributed by atoms with Gasteiger partial charge in [0.25, 0.3) is 0 Å². The van der Waals surface area contributed by atoms with Gasteiger partial charge in [-0.25, -0.2) is 4.79 Å². The normalized spacial score (nSPS) is 12.2. The summed E-state index contributed by atoms with van der Waals surface area (Å²) in [5.41, 5.74) is 1.01. The van der Waals surface area contributed by atoms with Gasteiger partial charge in [0.1, 0.15) is 5.75 Å². The minimum atomic E-state index is -0.957. The minimum Gasteiger partial charge on any atom is -0.496 e. The van der Waals surface area contributed by atoms with E-state index in [1.807, 2.05) is 36.4 Å². The zero-order chi connectivity index (χ0) is 14.0. The second kappa shape index (κ2) is 5.45. The molecular weight excluding hydrogens is 308 g/mol. The van der Waals surface area contributed by atoms with Crippen LogP contribution in [-0.4, -0.2) is 18.2 Å². The van der Waals surface area contributed by atoms with Crippen molar-refractivity contribution in [1.82, 2.24) is 0 Å². The number of methoxy groups -OCH3 is 1. The maximum atomic E-state index is 11.1. The Bertz CT molecular complexity index is 674. The average Bonchev–Trinajstić information content (AvgIpc) is 2.44. The van der Waals surface area contributed by atoms with Crippen molar-refractivity contribution in [2.24, 2.45) is 0 Å². The molecule has 2 aromatic carbocycles. The molecule has 0 unspecified atom stereocenters. The van der Waals surface area contributed by atoms with Gasteiger partial charge in [0.2, 0.25) is 0 Å². The minimum absolute atomic E-state index is 0.245. The third-order valence-electron chi connectivity index (χ3n) is 2.98. The Hall–Kier alpha value is -1.81. The van der Waals surface area contributed by atoms with Crippen LogP contribution in [0.3, 0.4) is 0 Å². The van der Waals surface area contributed by atoms with Crippen molar-refractivity contribution >= 4 is 37.2 Å². The molecule has 2 rings (SSSR count). The van der Waals surface area contributed by atoms with Crippen molar-refractivity contribution in [1.29, 1.82) is 0 Å². The number of carbonyl (C=O) groups is 1. The first-order chi connectivity index (χ1) is 9.06. The molecule has 0 saturated carbocycles. The molecule has 0 aliphatic carbocycles. The van der Waals surface area contributed by atoms with Crippen LogP contribution in [-0.2, 0) is 4.79 Å². The lowest BCUT2D eigenvalue weighted by Gasteiger charge is -2.12. The van der Waals surface area contributed by atoms with E-state index in [1.54, 1.807) is 14.0 Å². The Balaban J connectivity index is 2.83. The monoisotopic (exact) mass is 320 g/mol. The fourth-order valence-corrected chi connectivity index (χ4v) is 2.51. The van der Waals surface area contributed by atoms with E-state index < -0.39 is 5.97 Å². The molecule has 0 spiro atoms. The van der Waals surface area contributed by atoms with Crippen LogP contribution in [0.25, 0.3) is 15.3 Å². The molecule has 0 amide bonds. The Kier molecular flexibility index (Phi) is 3.90. The summed E-state index contributed by atoms with van der Waals surface area (Å²) in [5, 5.41) is 11.1. The van der Waals surface area contributed by atoms with Crippen LogP contribution in [0.5, 0.6) is 5.75 Å². The lowest BCUT2D eigenvalue weighted by Crippen LogP contribution is -1.99. The van der Waals surface area contributed by atoms with Gasteiger partial charge in [-0.05, 0) is 39.7 Å². The number of halogens is 1. The van der Waals surface area contributed by atoms with Gasteiger partial charge in [0.05, 0.1) is 7.11 Å². The summed E-state index contributed by atoms with van der Waals surface area (Å²) in [4.78, 5) is 11.1. The van der Waals surface area contributed by atoms with Crippen molar-refractivity contribution in [2.75, 3.05) is 7.11 Å². The smallest absolute Gasteiger partial charge is 0.332 e. The summed E-state index contributed by atoms with van der Waals surface area (Å²) in [6, 6.07) is 11.6. The topological polar surface area (TPSA) is 46.5 Å². The van der Waals surface area contributed by atoms with Crippen molar-refractivity contribution < 1.29 is 14.6 Å². The number of rotatable bonds is 3. The highest BCUT2D eigenvalue weighted by Crippen LogP contribution is 2.38. The molecule has 0 heterocycles. The number of ether oxygens (including phenoxy) is 1. The first-order valence-electron chi connectivity index (χ1n) is 5.72. The summed E-state index contributed by atoms with van der Waals surface area (Å²) in [7, 11) is 1.57. The van der Waals surface area contributed by atoms with Gasteiger partial charge in [0.15, 0.2) is 0 Å². The van der Waals surface area contributed by atoms with Gasteiger partial charge >= 0.3 is 5.97 Å². The van der Waals surface area contributed by atoms with Crippen LogP contribution in [0.1, 0.15) is 12.5 Å². The van der Waals surface area contributed by atoms with Gasteiger partial charge < -0.3 is 9.84 Å². The van der Waals surface area contributed by atoms with Gasteiger partial charge in [0, 0.05) is 15.6 Å². The maximum Gasteiger partial charge on any atom is 0.332 e. The fraction of sp³-hybridized carbons (Fsp3) is 0.133. The molecule has 19 heavy (non-hydrogen) atoms. The molecule has 0 aliphatic rings. The predicted octanol–water partition coefficient (Wildman–Crippen LogP) is 4.06. The number of benzene rings is 2. The zero-order valence-electron chi connectivity index (χ0n) is 10.6. The molecule has 0 aliphatic heterocycles. The summed E-state index contributed by atoms with van der Waals surface area (Å²) >= 11 is 3.38. The molecule has 0 bridgehead atoms. The molecule has 4 heteroatoms. The lowest BCUT2D eigenvalue weighted by molar-refractivity contribution is -0.132. The molecule has 0 aromatic heterocycles. The van der Waals surface area contributed by atoms with E-state index >= 15 is 0 Å². The Morgan fingerprint density at radius 3 is 2.53 bits per heavy atom. The molecule has 98 valence electrons. The van der Waals surface area contributed by atoms with Gasteiger partial charge in [-0.2, -0.15) is 0 Å². The van der Waals surface area contributed by atoms with Crippen LogP contribution >= 0.6 is 15.9 Å². The number of fused-ring (bicyclic) bond motifs is 1. The van der Waals surface area contributed by atoms with Gasteiger partial charge in [-0.1, -0.05) is 30.3 Å². The van der Waals surface area contributed by atoms with Crippen LogP contribution in [0.4, 0.5) is 0 Å². The Morgan fingerprint density at radius 1 is 1.21 bits per heavy atom. The largest absolute Gasteiger partial charge is 0.496 e. The van der Waals surface area contributed by atoms with E-state index in [1.165, 1.54) is 0 Å². The highest BCUT2D eigenvalue weighted by molar-refractivity contribution is 9.15. The fourth-order valence-electron chi connectivity index (χ4n) is 1.93. The van der Waals surface area contributed by atoms with E-state index in [4.69, 9.17) is 9.84 Å². The second-order valence-electron chi connectivity index (χ2n) is 4.11. The third kappa shape index (κ3) is 2.49. The molecule has 3 nitrogen and oxygen atoms in total. The second-order valence-corrected chi connectivity index (χ2v) is 4.90.